The molecule has 2 aliphatic rings. The first-order chi connectivity index (χ1) is 9.83. The van der Waals surface area contributed by atoms with Crippen molar-refractivity contribution in [2.75, 3.05) is 6.54 Å². The molecule has 1 saturated carbocycles. The van der Waals surface area contributed by atoms with Crippen molar-refractivity contribution in [3.8, 4) is 0 Å². The van der Waals surface area contributed by atoms with Crippen LogP contribution >= 0.6 is 0 Å². The quantitative estimate of drug-likeness (QED) is 0.885. The van der Waals surface area contributed by atoms with E-state index in [9.17, 15) is 0 Å². The summed E-state index contributed by atoms with van der Waals surface area (Å²) < 4.78 is 5.68. The molecule has 1 aromatic rings. The Kier molecular flexibility index (Phi) is 4.79. The van der Waals surface area contributed by atoms with Crippen molar-refractivity contribution in [2.45, 2.75) is 70.5 Å². The second-order valence-electron chi connectivity index (χ2n) is 6.50. The number of furan rings is 1. The first-order valence-corrected chi connectivity index (χ1v) is 8.35. The van der Waals surface area contributed by atoms with E-state index in [1.807, 2.05) is 6.92 Å². The van der Waals surface area contributed by atoms with E-state index in [0.29, 0.717) is 6.04 Å². The molecule has 0 aromatic carbocycles. The van der Waals surface area contributed by atoms with Crippen LogP contribution in [0.15, 0.2) is 16.5 Å². The van der Waals surface area contributed by atoms with Crippen LogP contribution in [-0.4, -0.2) is 18.6 Å². The first-order valence-electron chi connectivity index (χ1n) is 8.35. The van der Waals surface area contributed by atoms with Crippen LogP contribution in [0.3, 0.4) is 0 Å². The fourth-order valence-electron chi connectivity index (χ4n) is 3.95. The predicted octanol–water partition coefficient (Wildman–Crippen LogP) is 3.38. The Hall–Kier alpha value is -0.800. The summed E-state index contributed by atoms with van der Waals surface area (Å²) in [5.41, 5.74) is 0. The third-order valence-corrected chi connectivity index (χ3v) is 5.02. The molecule has 2 heterocycles. The van der Waals surface area contributed by atoms with E-state index in [2.05, 4.69) is 22.8 Å². The highest BCUT2D eigenvalue weighted by molar-refractivity contribution is 5.05. The minimum atomic E-state index is 0.657. The van der Waals surface area contributed by atoms with Crippen LogP contribution in [0, 0.1) is 12.8 Å². The van der Waals surface area contributed by atoms with Gasteiger partial charge in [-0.3, -0.25) is 0 Å². The van der Waals surface area contributed by atoms with Crippen LogP contribution in [0.25, 0.3) is 0 Å². The third-order valence-electron chi connectivity index (χ3n) is 5.02. The molecule has 0 spiro atoms. The summed E-state index contributed by atoms with van der Waals surface area (Å²) in [7, 11) is 0. The van der Waals surface area contributed by atoms with Gasteiger partial charge in [0.05, 0.1) is 6.54 Å². The number of aryl methyl sites for hydroxylation is 1. The van der Waals surface area contributed by atoms with Crippen molar-refractivity contribution >= 4 is 0 Å². The first kappa shape index (κ1) is 14.2. The maximum absolute atomic E-state index is 5.68. The third kappa shape index (κ3) is 3.44. The molecular weight excluding hydrogens is 248 g/mol. The molecule has 3 heteroatoms. The molecule has 20 heavy (non-hydrogen) atoms. The second-order valence-corrected chi connectivity index (χ2v) is 6.50. The highest BCUT2D eigenvalue weighted by Crippen LogP contribution is 2.30. The van der Waals surface area contributed by atoms with E-state index in [1.54, 1.807) is 0 Å². The minimum absolute atomic E-state index is 0.657. The van der Waals surface area contributed by atoms with Crippen LogP contribution < -0.4 is 10.6 Å². The number of piperidine rings is 1. The van der Waals surface area contributed by atoms with Gasteiger partial charge in [-0.25, -0.2) is 0 Å². The lowest BCUT2D eigenvalue weighted by Crippen LogP contribution is -2.50. The maximum Gasteiger partial charge on any atom is 0.117 e. The molecule has 2 fully saturated rings. The van der Waals surface area contributed by atoms with Crippen LogP contribution in [0.5, 0.6) is 0 Å². The second kappa shape index (κ2) is 6.77. The summed E-state index contributed by atoms with van der Waals surface area (Å²) in [6.07, 6.45) is 9.60. The topological polar surface area (TPSA) is 37.2 Å². The predicted molar refractivity (Wildman–Crippen MR) is 81.7 cm³/mol. The number of hydrogen-bond acceptors (Lipinski definition) is 3. The molecule has 1 aliphatic heterocycles. The fourth-order valence-corrected chi connectivity index (χ4v) is 3.95. The summed E-state index contributed by atoms with van der Waals surface area (Å²) in [4.78, 5) is 0. The average molecular weight is 276 g/mol. The standard InChI is InChI=1S/C17H28N2O/c1-13-9-10-14(20-13)12-19-17-7-3-2-6-15(17)16-8-4-5-11-18-16/h9-10,15-19H,2-8,11-12H2,1H3. The number of rotatable bonds is 4. The lowest BCUT2D eigenvalue weighted by atomic mass is 9.77. The Labute approximate surface area is 122 Å². The SMILES string of the molecule is Cc1ccc(CNC2CCCCC2C2CCCCN2)o1. The summed E-state index contributed by atoms with van der Waals surface area (Å²) in [5.74, 6) is 2.89. The van der Waals surface area contributed by atoms with Crippen molar-refractivity contribution in [3.63, 3.8) is 0 Å². The van der Waals surface area contributed by atoms with Gasteiger partial charge in [-0.2, -0.15) is 0 Å². The normalized spacial score (nSPS) is 31.4. The molecule has 0 bridgehead atoms. The van der Waals surface area contributed by atoms with E-state index >= 15 is 0 Å². The Morgan fingerprint density at radius 2 is 2.00 bits per heavy atom. The molecule has 0 radical (unpaired) electrons. The van der Waals surface area contributed by atoms with Crippen LogP contribution in [0.4, 0.5) is 0 Å². The van der Waals surface area contributed by atoms with Crippen LogP contribution in [0.1, 0.15) is 56.5 Å². The Morgan fingerprint density at radius 3 is 2.75 bits per heavy atom. The Bertz CT molecular complexity index is 409. The Balaban J connectivity index is 1.57. The fraction of sp³-hybridized carbons (Fsp3) is 0.765. The van der Waals surface area contributed by atoms with Gasteiger partial charge in [0.1, 0.15) is 11.5 Å². The maximum atomic E-state index is 5.68. The lowest BCUT2D eigenvalue weighted by molar-refractivity contribution is 0.179. The van der Waals surface area contributed by atoms with Crippen molar-refractivity contribution < 1.29 is 4.42 Å². The number of nitrogens with one attached hydrogen (secondary N) is 2. The van der Waals surface area contributed by atoms with E-state index in [4.69, 9.17) is 4.42 Å². The van der Waals surface area contributed by atoms with Gasteiger partial charge < -0.3 is 15.1 Å². The zero-order valence-electron chi connectivity index (χ0n) is 12.7. The molecule has 2 N–H and O–H groups in total. The van der Waals surface area contributed by atoms with Gasteiger partial charge in [0, 0.05) is 12.1 Å². The highest BCUT2D eigenvalue weighted by Gasteiger charge is 2.32. The average Bonchev–Trinajstić information content (AvgIpc) is 2.92. The van der Waals surface area contributed by atoms with Gasteiger partial charge in [0.2, 0.25) is 0 Å². The van der Waals surface area contributed by atoms with Crippen LogP contribution in [-0.2, 0) is 6.54 Å². The van der Waals surface area contributed by atoms with Gasteiger partial charge in [-0.1, -0.05) is 19.3 Å². The van der Waals surface area contributed by atoms with E-state index in [0.717, 1.165) is 30.0 Å². The molecule has 1 aliphatic carbocycles. The van der Waals surface area contributed by atoms with E-state index in [1.165, 1.54) is 51.5 Å². The molecular formula is C17H28N2O. The smallest absolute Gasteiger partial charge is 0.117 e. The van der Waals surface area contributed by atoms with Crippen LogP contribution in [0.2, 0.25) is 0 Å². The van der Waals surface area contributed by atoms with Crippen molar-refractivity contribution in [3.05, 3.63) is 23.7 Å². The zero-order valence-corrected chi connectivity index (χ0v) is 12.7. The largest absolute Gasteiger partial charge is 0.465 e. The molecule has 3 atom stereocenters. The molecule has 3 rings (SSSR count). The summed E-state index contributed by atoms with van der Waals surface area (Å²) in [6, 6.07) is 5.54. The highest BCUT2D eigenvalue weighted by atomic mass is 16.3. The molecule has 3 nitrogen and oxygen atoms in total. The Morgan fingerprint density at radius 1 is 1.15 bits per heavy atom. The van der Waals surface area contributed by atoms with Crippen molar-refractivity contribution in [2.24, 2.45) is 5.92 Å². The van der Waals surface area contributed by atoms with Gasteiger partial charge in [-0.15, -0.1) is 0 Å². The summed E-state index contributed by atoms with van der Waals surface area (Å²) in [5, 5.41) is 7.52. The minimum Gasteiger partial charge on any atom is -0.465 e. The summed E-state index contributed by atoms with van der Waals surface area (Å²) in [6.45, 7) is 4.10. The molecule has 1 saturated heterocycles. The molecule has 0 amide bonds. The summed E-state index contributed by atoms with van der Waals surface area (Å²) >= 11 is 0. The molecule has 3 unspecified atom stereocenters. The molecule has 112 valence electrons. The van der Waals surface area contributed by atoms with Crippen molar-refractivity contribution in [1.82, 2.24) is 10.6 Å². The van der Waals surface area contributed by atoms with Crippen molar-refractivity contribution in [1.29, 1.82) is 0 Å². The van der Waals surface area contributed by atoms with E-state index in [-0.39, 0.29) is 0 Å². The van der Waals surface area contributed by atoms with Gasteiger partial charge >= 0.3 is 0 Å². The van der Waals surface area contributed by atoms with E-state index < -0.39 is 0 Å². The zero-order chi connectivity index (χ0) is 13.8. The van der Waals surface area contributed by atoms with Gasteiger partial charge in [0.25, 0.3) is 0 Å². The molecule has 1 aromatic heterocycles. The van der Waals surface area contributed by atoms with Gasteiger partial charge in [0.15, 0.2) is 0 Å². The van der Waals surface area contributed by atoms with Gasteiger partial charge in [-0.05, 0) is 57.2 Å². The monoisotopic (exact) mass is 276 g/mol. The number of hydrogen-bond donors (Lipinski definition) is 2. The lowest BCUT2D eigenvalue weighted by Gasteiger charge is -2.39.